The van der Waals surface area contributed by atoms with E-state index in [2.05, 4.69) is 0 Å². The fraction of sp³-hybridized carbons (Fsp3) is 0.368. The van der Waals surface area contributed by atoms with E-state index in [1.165, 1.54) is 0 Å². The number of aliphatic hydroxyl groups is 2. The summed E-state index contributed by atoms with van der Waals surface area (Å²) in [5, 5.41) is 19.0. The Bertz CT molecular complexity index is 931. The molecule has 0 radical (unpaired) electrons. The highest BCUT2D eigenvalue weighted by atomic mass is 32.2. The Morgan fingerprint density at radius 3 is 2.35 bits per heavy atom. The third-order valence-electron chi connectivity index (χ3n) is 5.41. The number of ether oxygens (including phenoxy) is 2. The quantitative estimate of drug-likeness (QED) is 0.824. The summed E-state index contributed by atoms with van der Waals surface area (Å²) < 4.78 is 37.0. The Morgan fingerprint density at radius 2 is 1.69 bits per heavy atom. The fourth-order valence-corrected chi connectivity index (χ4v) is 6.29. The number of hydrogen-bond acceptors (Lipinski definition) is 6. The maximum atomic E-state index is 13.2. The van der Waals surface area contributed by atoms with Crippen LogP contribution in [0.15, 0.2) is 47.4 Å². The molecule has 2 aromatic carbocycles. The van der Waals surface area contributed by atoms with Gasteiger partial charge in [-0.15, -0.1) is 0 Å². The zero-order valence-electron chi connectivity index (χ0n) is 14.3. The van der Waals surface area contributed by atoms with Gasteiger partial charge in [0.25, 0.3) is 0 Å². The maximum Gasteiger partial charge on any atom is 0.231 e. The molecule has 138 valence electrons. The first-order chi connectivity index (χ1) is 12.4. The van der Waals surface area contributed by atoms with E-state index < -0.39 is 39.6 Å². The largest absolute Gasteiger partial charge is 0.454 e. The van der Waals surface area contributed by atoms with Gasteiger partial charge in [-0.05, 0) is 36.8 Å². The lowest BCUT2D eigenvalue weighted by Crippen LogP contribution is -2.23. The van der Waals surface area contributed by atoms with E-state index in [4.69, 9.17) is 9.47 Å². The lowest BCUT2D eigenvalue weighted by molar-refractivity contribution is 0.130. The number of aliphatic hydroxyl groups excluding tert-OH is 2. The lowest BCUT2D eigenvalue weighted by atomic mass is 10.0. The van der Waals surface area contributed by atoms with Crippen molar-refractivity contribution < 1.29 is 28.1 Å². The highest BCUT2D eigenvalue weighted by molar-refractivity contribution is 7.92. The van der Waals surface area contributed by atoms with Crippen LogP contribution in [0.25, 0.3) is 0 Å². The molecular formula is C19H20O6S. The number of fused-ring (bicyclic) bond motifs is 1. The first-order valence-electron chi connectivity index (χ1n) is 8.36. The minimum absolute atomic E-state index is 0.125. The Balaban J connectivity index is 1.76. The molecule has 1 aliphatic carbocycles. The zero-order chi connectivity index (χ0) is 18.5. The van der Waals surface area contributed by atoms with Gasteiger partial charge in [0.1, 0.15) is 0 Å². The first kappa shape index (κ1) is 17.3. The second-order valence-electron chi connectivity index (χ2n) is 6.92. The third-order valence-corrected chi connectivity index (χ3v) is 7.75. The zero-order valence-corrected chi connectivity index (χ0v) is 15.1. The molecule has 0 bridgehead atoms. The summed E-state index contributed by atoms with van der Waals surface area (Å²) in [5.41, 5.74) is 0.554. The van der Waals surface area contributed by atoms with E-state index >= 15 is 0 Å². The van der Waals surface area contributed by atoms with E-state index in [-0.39, 0.29) is 11.7 Å². The first-order valence-corrected chi connectivity index (χ1v) is 9.90. The van der Waals surface area contributed by atoms with Crippen molar-refractivity contribution in [1.29, 1.82) is 0 Å². The lowest BCUT2D eigenvalue weighted by Gasteiger charge is -2.11. The smallest absolute Gasteiger partial charge is 0.231 e. The number of rotatable bonds is 5. The summed E-state index contributed by atoms with van der Waals surface area (Å²) in [7, 11) is -3.72. The molecule has 0 aromatic heterocycles. The van der Waals surface area contributed by atoms with Gasteiger partial charge in [-0.25, -0.2) is 8.42 Å². The monoisotopic (exact) mass is 376 g/mol. The van der Waals surface area contributed by atoms with Crippen molar-refractivity contribution in [3.8, 4) is 11.5 Å². The average molecular weight is 376 g/mol. The molecule has 26 heavy (non-hydrogen) atoms. The van der Waals surface area contributed by atoms with E-state index in [0.29, 0.717) is 17.1 Å². The predicted molar refractivity (Wildman–Crippen MR) is 94.1 cm³/mol. The minimum Gasteiger partial charge on any atom is -0.454 e. The van der Waals surface area contributed by atoms with Gasteiger partial charge in [0.15, 0.2) is 21.3 Å². The Morgan fingerprint density at radius 1 is 1.04 bits per heavy atom. The van der Waals surface area contributed by atoms with Crippen LogP contribution >= 0.6 is 0 Å². The molecule has 2 atom stereocenters. The second-order valence-corrected chi connectivity index (χ2v) is 8.99. The standard InChI is InChI=1S/C19H20O6S/c1-12-2-5-14(6-3-12)26(22,23)18-17(19(18,9-20)10-21)13-4-7-15-16(8-13)25-11-24-15/h2-8,17-18,20-21H,9-11H2,1H3. The summed E-state index contributed by atoms with van der Waals surface area (Å²) in [6.07, 6.45) is 0. The molecule has 7 heteroatoms. The average Bonchev–Trinajstić information content (AvgIpc) is 3.12. The van der Waals surface area contributed by atoms with Crippen molar-refractivity contribution in [2.45, 2.75) is 23.0 Å². The molecule has 2 N–H and O–H groups in total. The van der Waals surface area contributed by atoms with Gasteiger partial charge < -0.3 is 19.7 Å². The van der Waals surface area contributed by atoms with Crippen molar-refractivity contribution in [3.05, 3.63) is 53.6 Å². The van der Waals surface area contributed by atoms with Crippen molar-refractivity contribution in [2.24, 2.45) is 5.41 Å². The van der Waals surface area contributed by atoms with Gasteiger partial charge in [0, 0.05) is 11.3 Å². The minimum atomic E-state index is -3.72. The highest BCUT2D eigenvalue weighted by Gasteiger charge is 2.70. The van der Waals surface area contributed by atoms with Crippen LogP contribution in [0.4, 0.5) is 0 Å². The molecule has 1 aliphatic heterocycles. The number of aryl methyl sites for hydroxylation is 1. The van der Waals surface area contributed by atoms with Crippen molar-refractivity contribution in [3.63, 3.8) is 0 Å². The van der Waals surface area contributed by atoms with Gasteiger partial charge in [0.2, 0.25) is 6.79 Å². The molecular weight excluding hydrogens is 356 g/mol. The van der Waals surface area contributed by atoms with Crippen LogP contribution in [0.5, 0.6) is 11.5 Å². The maximum absolute atomic E-state index is 13.2. The van der Waals surface area contributed by atoms with Crippen LogP contribution in [0, 0.1) is 12.3 Å². The van der Waals surface area contributed by atoms with E-state index in [9.17, 15) is 18.6 Å². The van der Waals surface area contributed by atoms with Gasteiger partial charge >= 0.3 is 0 Å². The number of benzene rings is 2. The predicted octanol–water partition coefficient (Wildman–Crippen LogP) is 1.63. The molecule has 0 amide bonds. The SMILES string of the molecule is Cc1ccc(S(=O)(=O)C2C(c3ccc4c(c3)OCO4)C2(CO)CO)cc1. The number of sulfone groups is 1. The highest BCUT2D eigenvalue weighted by Crippen LogP contribution is 2.64. The Kier molecular flexibility index (Phi) is 3.98. The molecule has 6 nitrogen and oxygen atoms in total. The molecule has 0 saturated heterocycles. The topological polar surface area (TPSA) is 93.1 Å². The molecule has 1 saturated carbocycles. The molecule has 0 spiro atoms. The van der Waals surface area contributed by atoms with Crippen LogP contribution in [0.2, 0.25) is 0 Å². The number of hydrogen-bond donors (Lipinski definition) is 2. The van der Waals surface area contributed by atoms with Crippen LogP contribution in [0.1, 0.15) is 17.0 Å². The molecule has 2 aliphatic rings. The van der Waals surface area contributed by atoms with Crippen molar-refractivity contribution in [2.75, 3.05) is 20.0 Å². The Labute approximate surface area is 151 Å². The van der Waals surface area contributed by atoms with Crippen LogP contribution < -0.4 is 9.47 Å². The third kappa shape index (κ3) is 2.42. The van der Waals surface area contributed by atoms with Gasteiger partial charge in [-0.1, -0.05) is 23.8 Å². The second kappa shape index (κ2) is 5.97. The van der Waals surface area contributed by atoms with Gasteiger partial charge in [-0.3, -0.25) is 0 Å². The molecule has 1 fully saturated rings. The summed E-state index contributed by atoms with van der Waals surface area (Å²) in [6.45, 7) is 1.17. The van der Waals surface area contributed by atoms with Crippen molar-refractivity contribution >= 4 is 9.84 Å². The molecule has 4 rings (SSSR count). The Hall–Kier alpha value is -2.09. The molecule has 2 unspecified atom stereocenters. The van der Waals surface area contributed by atoms with Crippen LogP contribution in [0.3, 0.4) is 0 Å². The summed E-state index contributed by atoms with van der Waals surface area (Å²) in [4.78, 5) is 0.197. The fourth-order valence-electron chi connectivity index (χ4n) is 3.86. The van der Waals surface area contributed by atoms with Gasteiger partial charge in [0.05, 0.1) is 23.4 Å². The summed E-state index contributed by atoms with van der Waals surface area (Å²) >= 11 is 0. The summed E-state index contributed by atoms with van der Waals surface area (Å²) in [6, 6.07) is 11.8. The van der Waals surface area contributed by atoms with E-state index in [1.54, 1.807) is 42.5 Å². The van der Waals surface area contributed by atoms with E-state index in [0.717, 1.165) is 5.56 Å². The molecule has 2 aromatic rings. The van der Waals surface area contributed by atoms with Gasteiger partial charge in [-0.2, -0.15) is 0 Å². The van der Waals surface area contributed by atoms with E-state index in [1.807, 2.05) is 6.92 Å². The normalized spacial score (nSPS) is 23.0. The van der Waals surface area contributed by atoms with Crippen LogP contribution in [-0.4, -0.2) is 43.9 Å². The van der Waals surface area contributed by atoms with Crippen molar-refractivity contribution in [1.82, 2.24) is 0 Å². The summed E-state index contributed by atoms with van der Waals surface area (Å²) in [5.74, 6) is 0.634. The van der Waals surface area contributed by atoms with Crippen LogP contribution in [-0.2, 0) is 9.84 Å². The molecule has 1 heterocycles.